The second kappa shape index (κ2) is 5.14. The van der Waals surface area contributed by atoms with E-state index < -0.39 is 6.10 Å². The molecule has 0 saturated heterocycles. The molecule has 2 aromatic rings. The van der Waals surface area contributed by atoms with Crippen molar-refractivity contribution in [1.29, 1.82) is 0 Å². The number of hydrogen-bond acceptors (Lipinski definition) is 2. The molecule has 1 aromatic carbocycles. The third-order valence-corrected chi connectivity index (χ3v) is 4.37. The first-order valence-corrected chi connectivity index (χ1v) is 6.96. The minimum Gasteiger partial charge on any atom is -0.387 e. The van der Waals surface area contributed by atoms with Crippen molar-refractivity contribution in [2.75, 3.05) is 0 Å². The van der Waals surface area contributed by atoms with E-state index in [1.165, 1.54) is 18.4 Å². The Balaban J connectivity index is 2.02. The van der Waals surface area contributed by atoms with Crippen LogP contribution in [0.5, 0.6) is 0 Å². The molecule has 0 spiro atoms. The molecule has 1 N–H and O–H groups in total. The van der Waals surface area contributed by atoms with Crippen molar-refractivity contribution < 1.29 is 5.11 Å². The molecular weight excluding hydrogens is 234 g/mol. The van der Waals surface area contributed by atoms with E-state index in [1.54, 1.807) is 12.4 Å². The number of hydrogen-bond donors (Lipinski definition) is 1. The molecule has 1 atom stereocenters. The summed E-state index contributed by atoms with van der Waals surface area (Å²) >= 11 is 0. The van der Waals surface area contributed by atoms with Crippen LogP contribution in [0.2, 0.25) is 0 Å². The summed E-state index contributed by atoms with van der Waals surface area (Å²) in [5.74, 6) is 0. The van der Waals surface area contributed by atoms with Crippen molar-refractivity contribution in [3.63, 3.8) is 0 Å². The Bertz CT molecular complexity index is 517. The lowest BCUT2D eigenvalue weighted by Gasteiger charge is -2.35. The molecule has 0 amide bonds. The number of aliphatic hydroxyl groups is 1. The molecule has 1 aliphatic rings. The maximum atomic E-state index is 10.9. The maximum absolute atomic E-state index is 10.9. The first-order valence-electron chi connectivity index (χ1n) is 6.96. The highest BCUT2D eigenvalue weighted by Gasteiger charge is 2.42. The lowest BCUT2D eigenvalue weighted by atomic mass is 9.72. The third-order valence-electron chi connectivity index (χ3n) is 4.37. The van der Waals surface area contributed by atoms with Gasteiger partial charge in [-0.1, -0.05) is 49.2 Å². The second-order valence-electron chi connectivity index (χ2n) is 5.42. The summed E-state index contributed by atoms with van der Waals surface area (Å²) in [6.45, 7) is 0. The number of pyridine rings is 1. The van der Waals surface area contributed by atoms with Gasteiger partial charge in [0.1, 0.15) is 0 Å². The van der Waals surface area contributed by atoms with Crippen LogP contribution >= 0.6 is 0 Å². The largest absolute Gasteiger partial charge is 0.387 e. The highest BCUT2D eigenvalue weighted by molar-refractivity contribution is 5.32. The lowest BCUT2D eigenvalue weighted by Crippen LogP contribution is -2.30. The minimum absolute atomic E-state index is 0.135. The minimum atomic E-state index is -0.467. The number of aromatic nitrogens is 1. The molecule has 1 aromatic heterocycles. The van der Waals surface area contributed by atoms with E-state index in [0.29, 0.717) is 0 Å². The predicted molar refractivity (Wildman–Crippen MR) is 75.8 cm³/mol. The summed E-state index contributed by atoms with van der Waals surface area (Å²) in [6, 6.07) is 14.3. The molecule has 1 unspecified atom stereocenters. The molecule has 0 aliphatic heterocycles. The van der Waals surface area contributed by atoms with Gasteiger partial charge in [-0.2, -0.15) is 0 Å². The normalized spacial score (nSPS) is 19.2. The molecule has 2 nitrogen and oxygen atoms in total. The van der Waals surface area contributed by atoms with E-state index in [1.807, 2.05) is 18.2 Å². The first-order chi connectivity index (χ1) is 9.33. The van der Waals surface area contributed by atoms with Gasteiger partial charge in [0.2, 0.25) is 0 Å². The van der Waals surface area contributed by atoms with E-state index in [-0.39, 0.29) is 5.41 Å². The molecule has 1 aliphatic carbocycles. The summed E-state index contributed by atoms with van der Waals surface area (Å²) in [7, 11) is 0. The van der Waals surface area contributed by atoms with Crippen LogP contribution in [0.1, 0.15) is 42.9 Å². The molecule has 3 rings (SSSR count). The van der Waals surface area contributed by atoms with Gasteiger partial charge in [0.25, 0.3) is 0 Å². The van der Waals surface area contributed by atoms with Crippen LogP contribution in [-0.4, -0.2) is 10.1 Å². The Morgan fingerprint density at radius 2 is 1.74 bits per heavy atom. The van der Waals surface area contributed by atoms with Crippen molar-refractivity contribution in [1.82, 2.24) is 4.98 Å². The Kier molecular flexibility index (Phi) is 3.34. The highest BCUT2D eigenvalue weighted by Crippen LogP contribution is 2.49. The van der Waals surface area contributed by atoms with E-state index in [4.69, 9.17) is 0 Å². The van der Waals surface area contributed by atoms with E-state index in [2.05, 4.69) is 29.2 Å². The molecule has 0 bridgehead atoms. The number of nitrogens with zero attached hydrogens (tertiary/aromatic N) is 1. The van der Waals surface area contributed by atoms with Crippen LogP contribution in [-0.2, 0) is 5.41 Å². The van der Waals surface area contributed by atoms with Gasteiger partial charge in [0, 0.05) is 17.8 Å². The van der Waals surface area contributed by atoms with E-state index >= 15 is 0 Å². The zero-order valence-corrected chi connectivity index (χ0v) is 11.0. The van der Waals surface area contributed by atoms with Crippen molar-refractivity contribution >= 4 is 0 Å². The van der Waals surface area contributed by atoms with Crippen molar-refractivity contribution in [3.8, 4) is 0 Å². The van der Waals surface area contributed by atoms with Crippen LogP contribution in [0.25, 0.3) is 0 Å². The molecule has 98 valence electrons. The first kappa shape index (κ1) is 12.4. The van der Waals surface area contributed by atoms with Gasteiger partial charge in [0.05, 0.1) is 6.10 Å². The monoisotopic (exact) mass is 253 g/mol. The Hall–Kier alpha value is -1.67. The fourth-order valence-electron chi connectivity index (χ4n) is 3.35. The van der Waals surface area contributed by atoms with Gasteiger partial charge in [-0.15, -0.1) is 0 Å². The quantitative estimate of drug-likeness (QED) is 0.906. The van der Waals surface area contributed by atoms with Crippen molar-refractivity contribution in [3.05, 3.63) is 66.0 Å². The van der Waals surface area contributed by atoms with Crippen molar-refractivity contribution in [2.24, 2.45) is 0 Å². The second-order valence-corrected chi connectivity index (χ2v) is 5.42. The van der Waals surface area contributed by atoms with Crippen LogP contribution in [0, 0.1) is 0 Å². The molecule has 0 radical (unpaired) electrons. The molecule has 1 heterocycles. The van der Waals surface area contributed by atoms with Crippen LogP contribution < -0.4 is 0 Å². The van der Waals surface area contributed by atoms with Gasteiger partial charge in [-0.05, 0) is 30.0 Å². The van der Waals surface area contributed by atoms with E-state index in [9.17, 15) is 5.11 Å². The van der Waals surface area contributed by atoms with E-state index in [0.717, 1.165) is 18.4 Å². The van der Waals surface area contributed by atoms with Gasteiger partial charge >= 0.3 is 0 Å². The van der Waals surface area contributed by atoms with Crippen molar-refractivity contribution in [2.45, 2.75) is 37.2 Å². The van der Waals surface area contributed by atoms with Crippen LogP contribution in [0.3, 0.4) is 0 Å². The van der Waals surface area contributed by atoms with Gasteiger partial charge in [-0.25, -0.2) is 0 Å². The third kappa shape index (κ3) is 2.17. The molecular formula is C17H19NO. The Morgan fingerprint density at radius 1 is 1.00 bits per heavy atom. The van der Waals surface area contributed by atoms with Gasteiger partial charge in [-0.3, -0.25) is 4.98 Å². The SMILES string of the molecule is OC(c1cccnc1)C1(c2ccccc2)CCCC1. The zero-order valence-electron chi connectivity index (χ0n) is 11.0. The highest BCUT2D eigenvalue weighted by atomic mass is 16.3. The summed E-state index contributed by atoms with van der Waals surface area (Å²) < 4.78 is 0. The molecule has 2 heteroatoms. The van der Waals surface area contributed by atoms with Crippen LogP contribution in [0.15, 0.2) is 54.9 Å². The topological polar surface area (TPSA) is 33.1 Å². The molecule has 1 fully saturated rings. The smallest absolute Gasteiger partial charge is 0.0901 e. The fraction of sp³-hybridized carbons (Fsp3) is 0.353. The van der Waals surface area contributed by atoms with Gasteiger partial charge in [0.15, 0.2) is 0 Å². The number of benzene rings is 1. The van der Waals surface area contributed by atoms with Gasteiger partial charge < -0.3 is 5.11 Å². The summed E-state index contributed by atoms with van der Waals surface area (Å²) in [4.78, 5) is 4.14. The average Bonchev–Trinajstić information content (AvgIpc) is 2.99. The number of rotatable bonds is 3. The maximum Gasteiger partial charge on any atom is 0.0901 e. The Morgan fingerprint density at radius 3 is 2.37 bits per heavy atom. The standard InChI is InChI=1S/C17H19NO/c19-16(14-7-6-12-18-13-14)17(10-4-5-11-17)15-8-2-1-3-9-15/h1-3,6-9,12-13,16,19H,4-5,10-11H2. The summed E-state index contributed by atoms with van der Waals surface area (Å²) in [5, 5.41) is 10.9. The summed E-state index contributed by atoms with van der Waals surface area (Å²) in [5.41, 5.74) is 2.04. The lowest BCUT2D eigenvalue weighted by molar-refractivity contribution is 0.0819. The Labute approximate surface area is 114 Å². The average molecular weight is 253 g/mol. The molecule has 19 heavy (non-hydrogen) atoms. The number of aliphatic hydroxyl groups excluding tert-OH is 1. The molecule has 1 saturated carbocycles. The summed E-state index contributed by atoms with van der Waals surface area (Å²) in [6.07, 6.45) is 7.54. The fourth-order valence-corrected chi connectivity index (χ4v) is 3.35. The van der Waals surface area contributed by atoms with Crippen LogP contribution in [0.4, 0.5) is 0 Å². The predicted octanol–water partition coefficient (Wildman–Crippen LogP) is 3.63. The zero-order chi connectivity index (χ0) is 13.1.